The summed E-state index contributed by atoms with van der Waals surface area (Å²) in [5.74, 6) is 3.26. The number of hydrogen-bond acceptors (Lipinski definition) is 7. The summed E-state index contributed by atoms with van der Waals surface area (Å²) in [6.45, 7) is 3.12. The Morgan fingerprint density at radius 1 is 1.06 bits per heavy atom. The summed E-state index contributed by atoms with van der Waals surface area (Å²) >= 11 is 0. The van der Waals surface area contributed by atoms with Crippen LogP contribution in [-0.2, 0) is 0 Å². The van der Waals surface area contributed by atoms with Crippen LogP contribution in [-0.4, -0.2) is 61.8 Å². The van der Waals surface area contributed by atoms with Gasteiger partial charge < -0.3 is 23.8 Å². The molecule has 7 heteroatoms. The van der Waals surface area contributed by atoms with E-state index in [1.165, 1.54) is 0 Å². The maximum Gasteiger partial charge on any atom is 0.200 e. The molecule has 0 aliphatic carbocycles. The molecule has 0 bridgehead atoms. The molecule has 4 aliphatic heterocycles. The highest BCUT2D eigenvalue weighted by molar-refractivity contribution is 6.02. The van der Waals surface area contributed by atoms with Gasteiger partial charge >= 0.3 is 0 Å². The minimum Gasteiger partial charge on any atom is -0.493 e. The van der Waals surface area contributed by atoms with E-state index < -0.39 is 5.72 Å². The summed E-state index contributed by atoms with van der Waals surface area (Å²) in [7, 11) is 3.87. The molecule has 0 unspecified atom stereocenters. The van der Waals surface area contributed by atoms with Gasteiger partial charge in [0.25, 0.3) is 0 Å². The number of fused-ring (bicyclic) bond motifs is 5. The van der Waals surface area contributed by atoms with Crippen LogP contribution in [0.5, 0.6) is 23.0 Å². The van der Waals surface area contributed by atoms with Crippen molar-refractivity contribution in [3.8, 4) is 23.0 Å². The molecule has 0 saturated carbocycles. The number of piperidine rings is 1. The van der Waals surface area contributed by atoms with Crippen LogP contribution >= 0.6 is 0 Å². The van der Waals surface area contributed by atoms with Crippen LogP contribution in [0.15, 0.2) is 41.5 Å². The maximum atomic E-state index is 6.74. The van der Waals surface area contributed by atoms with Crippen molar-refractivity contribution in [3.05, 3.63) is 47.5 Å². The average Bonchev–Trinajstić information content (AvgIpc) is 3.27. The lowest BCUT2D eigenvalue weighted by Crippen LogP contribution is -2.58. The molecule has 0 amide bonds. The van der Waals surface area contributed by atoms with Crippen LogP contribution in [0, 0.1) is 0 Å². The van der Waals surface area contributed by atoms with Crippen molar-refractivity contribution in [2.45, 2.75) is 31.0 Å². The summed E-state index contributed by atoms with van der Waals surface area (Å²) in [6.07, 6.45) is 2.62. The number of ether oxygens (including phenoxy) is 4. The Kier molecular flexibility index (Phi) is 4.28. The van der Waals surface area contributed by atoms with Gasteiger partial charge in [-0.25, -0.2) is 5.01 Å². The van der Waals surface area contributed by atoms with E-state index in [1.807, 2.05) is 18.2 Å². The molecule has 1 spiro atoms. The molecule has 0 radical (unpaired) electrons. The van der Waals surface area contributed by atoms with E-state index >= 15 is 0 Å². The van der Waals surface area contributed by atoms with Crippen LogP contribution in [0.25, 0.3) is 0 Å². The van der Waals surface area contributed by atoms with Crippen LogP contribution in [0.1, 0.15) is 36.4 Å². The Morgan fingerprint density at radius 2 is 1.87 bits per heavy atom. The van der Waals surface area contributed by atoms with Crippen molar-refractivity contribution in [2.24, 2.45) is 5.10 Å². The molecule has 1 atom stereocenters. The zero-order valence-corrected chi connectivity index (χ0v) is 18.0. The van der Waals surface area contributed by atoms with Crippen molar-refractivity contribution >= 4 is 5.71 Å². The molecular weight excluding hydrogens is 394 g/mol. The highest BCUT2D eigenvalue weighted by Crippen LogP contribution is 2.52. The summed E-state index contributed by atoms with van der Waals surface area (Å²) in [5.41, 5.74) is 2.82. The van der Waals surface area contributed by atoms with Gasteiger partial charge in [-0.15, -0.1) is 0 Å². The van der Waals surface area contributed by atoms with E-state index in [1.54, 1.807) is 7.11 Å². The molecule has 4 heterocycles. The highest BCUT2D eigenvalue weighted by atomic mass is 16.6. The highest BCUT2D eigenvalue weighted by Gasteiger charge is 2.52. The monoisotopic (exact) mass is 421 g/mol. The fourth-order valence-electron chi connectivity index (χ4n) is 5.13. The van der Waals surface area contributed by atoms with Crippen LogP contribution in [0.2, 0.25) is 0 Å². The molecule has 6 rings (SSSR count). The first kappa shape index (κ1) is 18.8. The molecular formula is C24H27N3O4. The molecule has 1 saturated heterocycles. The summed E-state index contributed by atoms with van der Waals surface area (Å²) in [4.78, 5) is 2.35. The molecule has 162 valence electrons. The molecule has 4 aliphatic rings. The van der Waals surface area contributed by atoms with Crippen molar-refractivity contribution in [3.63, 3.8) is 0 Å². The van der Waals surface area contributed by atoms with Gasteiger partial charge in [-0.1, -0.05) is 12.1 Å². The Hall–Kier alpha value is -2.93. The first-order chi connectivity index (χ1) is 15.2. The van der Waals surface area contributed by atoms with Gasteiger partial charge in [0, 0.05) is 43.5 Å². The lowest BCUT2D eigenvalue weighted by atomic mass is 9.90. The first-order valence-corrected chi connectivity index (χ1v) is 11.0. The van der Waals surface area contributed by atoms with E-state index in [9.17, 15) is 0 Å². The Labute approximate surface area is 182 Å². The quantitative estimate of drug-likeness (QED) is 0.741. The van der Waals surface area contributed by atoms with E-state index in [2.05, 4.69) is 35.2 Å². The number of rotatable bonds is 2. The van der Waals surface area contributed by atoms with Gasteiger partial charge in [0.1, 0.15) is 13.2 Å². The zero-order chi connectivity index (χ0) is 21.0. The average molecular weight is 421 g/mol. The largest absolute Gasteiger partial charge is 0.493 e. The fraction of sp³-hybridized carbons (Fsp3) is 0.458. The molecule has 2 aromatic carbocycles. The number of hydrazone groups is 1. The van der Waals surface area contributed by atoms with Crippen molar-refractivity contribution in [1.29, 1.82) is 0 Å². The second kappa shape index (κ2) is 7.05. The fourth-order valence-corrected chi connectivity index (χ4v) is 5.13. The molecule has 2 aromatic rings. The summed E-state index contributed by atoms with van der Waals surface area (Å²) < 4.78 is 23.9. The zero-order valence-electron chi connectivity index (χ0n) is 18.0. The number of likely N-dealkylation sites (tertiary alicyclic amines) is 1. The van der Waals surface area contributed by atoms with Gasteiger partial charge in [0.05, 0.1) is 18.9 Å². The summed E-state index contributed by atoms with van der Waals surface area (Å²) in [6, 6.07) is 12.4. The minimum atomic E-state index is -0.450. The van der Waals surface area contributed by atoms with Gasteiger partial charge in [0.15, 0.2) is 23.0 Å². The lowest BCUT2D eigenvalue weighted by molar-refractivity contribution is -0.148. The second-order valence-electron chi connectivity index (χ2n) is 8.70. The maximum absolute atomic E-state index is 6.74. The second-order valence-corrected chi connectivity index (χ2v) is 8.70. The van der Waals surface area contributed by atoms with Crippen molar-refractivity contribution in [2.75, 3.05) is 40.5 Å². The van der Waals surface area contributed by atoms with E-state index in [0.29, 0.717) is 13.2 Å². The normalized spacial score (nSPS) is 23.6. The standard InChI is InChI=1S/C24H27N3O4/c1-26-10-8-24(9-11-26)27-19(17-4-3-5-21(28-2)23(17)31-24)15-18(25-27)16-6-7-20-22(14-16)30-13-12-29-20/h3-7,14,19H,8-13,15H2,1-2H3/t19-/m0/s1. The van der Waals surface area contributed by atoms with Gasteiger partial charge in [0.2, 0.25) is 5.72 Å². The number of benzene rings is 2. The first-order valence-electron chi connectivity index (χ1n) is 11.0. The Bertz CT molecular complexity index is 1050. The number of nitrogens with zero attached hydrogens (tertiary/aromatic N) is 3. The summed E-state index contributed by atoms with van der Waals surface area (Å²) in [5, 5.41) is 7.38. The predicted molar refractivity (Wildman–Crippen MR) is 116 cm³/mol. The third-order valence-electron chi connectivity index (χ3n) is 6.85. The van der Waals surface area contributed by atoms with Gasteiger partial charge in [-0.2, -0.15) is 5.10 Å². The molecule has 7 nitrogen and oxygen atoms in total. The minimum absolute atomic E-state index is 0.130. The lowest BCUT2D eigenvalue weighted by Gasteiger charge is -2.50. The predicted octanol–water partition coefficient (Wildman–Crippen LogP) is 3.43. The molecule has 0 N–H and O–H groups in total. The van der Waals surface area contributed by atoms with Crippen molar-refractivity contribution in [1.82, 2.24) is 9.91 Å². The molecule has 31 heavy (non-hydrogen) atoms. The topological polar surface area (TPSA) is 55.8 Å². The molecule has 1 fully saturated rings. The van der Waals surface area contributed by atoms with E-state index in [0.717, 1.165) is 72.2 Å². The SMILES string of the molecule is COc1cccc2c1OC1(CCN(C)CC1)N1N=C(c3ccc4c(c3)OCCO4)C[C@@H]21. The number of hydrogen-bond donors (Lipinski definition) is 0. The number of methoxy groups -OCH3 is 1. The van der Waals surface area contributed by atoms with Gasteiger partial charge in [-0.3, -0.25) is 0 Å². The Morgan fingerprint density at radius 3 is 2.68 bits per heavy atom. The third-order valence-corrected chi connectivity index (χ3v) is 6.85. The van der Waals surface area contributed by atoms with E-state index in [-0.39, 0.29) is 6.04 Å². The van der Waals surface area contributed by atoms with Crippen LogP contribution in [0.3, 0.4) is 0 Å². The van der Waals surface area contributed by atoms with Crippen molar-refractivity contribution < 1.29 is 18.9 Å². The Balaban J connectivity index is 1.42. The molecule has 0 aromatic heterocycles. The van der Waals surface area contributed by atoms with Gasteiger partial charge in [-0.05, 0) is 31.3 Å². The third kappa shape index (κ3) is 2.94. The van der Waals surface area contributed by atoms with E-state index in [4.69, 9.17) is 24.0 Å². The smallest absolute Gasteiger partial charge is 0.200 e. The van der Waals surface area contributed by atoms with Crippen LogP contribution < -0.4 is 18.9 Å². The van der Waals surface area contributed by atoms with Crippen LogP contribution in [0.4, 0.5) is 0 Å². The number of para-hydroxylation sites is 1.